The number of piperidine rings is 1. The van der Waals surface area contributed by atoms with Crippen molar-refractivity contribution in [1.29, 1.82) is 0 Å². The first-order valence-electron chi connectivity index (χ1n) is 14.3. The summed E-state index contributed by atoms with van der Waals surface area (Å²) in [6.45, 7) is 9.95. The van der Waals surface area contributed by atoms with Crippen LogP contribution in [-0.2, 0) is 0 Å². The molecule has 32 heavy (non-hydrogen) atoms. The number of hydrazine groups is 1. The first-order valence-corrected chi connectivity index (χ1v) is 14.3. The minimum atomic E-state index is 0.167. The van der Waals surface area contributed by atoms with E-state index in [0.717, 1.165) is 0 Å². The van der Waals surface area contributed by atoms with Crippen LogP contribution in [0, 0.1) is 0 Å². The van der Waals surface area contributed by atoms with Crippen LogP contribution in [0.3, 0.4) is 0 Å². The fourth-order valence-corrected chi connectivity index (χ4v) is 7.30. The molecule has 0 atom stereocenters. The maximum Gasteiger partial charge on any atom is 0.209 e. The first kappa shape index (κ1) is 24.4. The van der Waals surface area contributed by atoms with Crippen LogP contribution in [0.2, 0.25) is 0 Å². The van der Waals surface area contributed by atoms with Gasteiger partial charge in [0.1, 0.15) is 0 Å². The van der Waals surface area contributed by atoms with Crippen molar-refractivity contribution in [1.82, 2.24) is 15.3 Å². The van der Waals surface area contributed by atoms with E-state index in [1.54, 1.807) is 0 Å². The van der Waals surface area contributed by atoms with E-state index in [1.807, 2.05) is 0 Å². The van der Waals surface area contributed by atoms with E-state index in [0.29, 0.717) is 18.1 Å². The van der Waals surface area contributed by atoms with Gasteiger partial charge in [-0.25, -0.2) is 10.0 Å². The minimum Gasteiger partial charge on any atom is -0.352 e. The smallest absolute Gasteiger partial charge is 0.209 e. The Morgan fingerprint density at radius 3 is 1.75 bits per heavy atom. The molecule has 1 aliphatic heterocycles. The lowest BCUT2D eigenvalue weighted by Gasteiger charge is -2.60. The van der Waals surface area contributed by atoms with Crippen LogP contribution >= 0.6 is 0 Å². The zero-order chi connectivity index (χ0) is 22.6. The van der Waals surface area contributed by atoms with Gasteiger partial charge >= 0.3 is 0 Å². The second kappa shape index (κ2) is 10.7. The highest BCUT2D eigenvalue weighted by molar-refractivity contribution is 5.80. The molecule has 4 rings (SSSR count). The number of nitrogens with one attached hydrogen (secondary N) is 1. The number of guanidine groups is 1. The van der Waals surface area contributed by atoms with Gasteiger partial charge in [0, 0.05) is 23.2 Å². The van der Waals surface area contributed by atoms with Gasteiger partial charge in [-0.2, -0.15) is 0 Å². The van der Waals surface area contributed by atoms with Crippen molar-refractivity contribution < 1.29 is 0 Å². The van der Waals surface area contributed by atoms with E-state index in [1.165, 1.54) is 122 Å². The highest BCUT2D eigenvalue weighted by Crippen LogP contribution is 2.42. The molecule has 0 radical (unpaired) electrons. The zero-order valence-corrected chi connectivity index (χ0v) is 21.8. The number of nitrogens with zero attached hydrogens (tertiary/aromatic N) is 3. The summed E-state index contributed by atoms with van der Waals surface area (Å²) in [5.74, 6) is 1.25. The largest absolute Gasteiger partial charge is 0.352 e. The third-order valence-corrected chi connectivity index (χ3v) is 8.89. The molecule has 0 aromatic heterocycles. The summed E-state index contributed by atoms with van der Waals surface area (Å²) in [6, 6.07) is 1.71. The molecule has 0 aromatic carbocycles. The zero-order valence-electron chi connectivity index (χ0n) is 21.8. The van der Waals surface area contributed by atoms with Crippen LogP contribution in [0.5, 0.6) is 0 Å². The van der Waals surface area contributed by atoms with Gasteiger partial charge in [-0.1, -0.05) is 57.8 Å². The molecule has 184 valence electrons. The summed E-state index contributed by atoms with van der Waals surface area (Å²) >= 11 is 0. The van der Waals surface area contributed by atoms with Crippen molar-refractivity contribution in [3.8, 4) is 0 Å². The normalized spacial score (nSPS) is 29.1. The average molecular weight is 445 g/mol. The van der Waals surface area contributed by atoms with Crippen molar-refractivity contribution in [2.75, 3.05) is 0 Å². The lowest BCUT2D eigenvalue weighted by molar-refractivity contribution is -0.169. The van der Waals surface area contributed by atoms with Crippen molar-refractivity contribution in [2.45, 2.75) is 172 Å². The Kier molecular flexibility index (Phi) is 8.11. The molecule has 4 fully saturated rings. The molecule has 4 heteroatoms. The van der Waals surface area contributed by atoms with Gasteiger partial charge < -0.3 is 5.32 Å². The number of rotatable bonds is 4. The maximum absolute atomic E-state index is 5.60. The fraction of sp³-hybridized carbons (Fsp3) is 0.964. The SMILES string of the molecule is CC1(C)CCCC(C)(C)N1N(C(=NC1CCCCC1)NC1CCCCC1)C1CCCCC1. The first-order chi connectivity index (χ1) is 15.4. The Hall–Kier alpha value is -0.770. The van der Waals surface area contributed by atoms with E-state index in [9.17, 15) is 0 Å². The molecule has 0 spiro atoms. The molecular weight excluding hydrogens is 392 g/mol. The van der Waals surface area contributed by atoms with Crippen LogP contribution in [-0.4, -0.2) is 45.2 Å². The standard InChI is InChI=1S/C28H52N4/c1-27(2)21-14-22-28(3,4)32(27)31(25-19-12-7-13-20-25)26(29-23-15-8-5-9-16-23)30-24-17-10-6-11-18-24/h23-25H,5-22H2,1-4H3,(H,29,30). The summed E-state index contributed by atoms with van der Waals surface area (Å²) < 4.78 is 0. The van der Waals surface area contributed by atoms with Crippen molar-refractivity contribution in [3.05, 3.63) is 0 Å². The highest BCUT2D eigenvalue weighted by atomic mass is 15.7. The van der Waals surface area contributed by atoms with Gasteiger partial charge in [-0.05, 0) is 85.5 Å². The molecule has 1 heterocycles. The van der Waals surface area contributed by atoms with Crippen LogP contribution in [0.1, 0.15) is 143 Å². The number of hydrogen-bond donors (Lipinski definition) is 1. The molecule has 4 nitrogen and oxygen atoms in total. The van der Waals surface area contributed by atoms with Crippen molar-refractivity contribution in [2.24, 2.45) is 4.99 Å². The van der Waals surface area contributed by atoms with E-state index in [2.05, 4.69) is 43.0 Å². The Labute approximate surface area is 199 Å². The maximum atomic E-state index is 5.60. The molecule has 1 N–H and O–H groups in total. The summed E-state index contributed by atoms with van der Waals surface area (Å²) in [5, 5.41) is 9.69. The van der Waals surface area contributed by atoms with Crippen LogP contribution in [0.4, 0.5) is 0 Å². The monoisotopic (exact) mass is 444 g/mol. The minimum absolute atomic E-state index is 0.167. The second-order valence-corrected chi connectivity index (χ2v) is 12.7. The molecule has 4 aliphatic rings. The third kappa shape index (κ3) is 5.83. The van der Waals surface area contributed by atoms with Crippen molar-refractivity contribution in [3.63, 3.8) is 0 Å². The Bertz CT molecular complexity index is 591. The van der Waals surface area contributed by atoms with Gasteiger partial charge in [-0.3, -0.25) is 5.01 Å². The van der Waals surface area contributed by atoms with Crippen LogP contribution in [0.15, 0.2) is 4.99 Å². The summed E-state index contributed by atoms with van der Waals surface area (Å²) in [7, 11) is 0. The summed E-state index contributed by atoms with van der Waals surface area (Å²) in [4.78, 5) is 5.60. The second-order valence-electron chi connectivity index (χ2n) is 12.7. The molecule has 1 saturated heterocycles. The molecule has 0 amide bonds. The number of aliphatic imine (C=N–C) groups is 1. The molecule has 0 bridgehead atoms. The molecule has 3 aliphatic carbocycles. The van der Waals surface area contributed by atoms with Crippen LogP contribution < -0.4 is 5.32 Å². The number of hydrogen-bond acceptors (Lipinski definition) is 2. The lowest BCUT2D eigenvalue weighted by Crippen LogP contribution is -2.71. The van der Waals surface area contributed by atoms with Crippen LogP contribution in [0.25, 0.3) is 0 Å². The van der Waals surface area contributed by atoms with E-state index >= 15 is 0 Å². The molecule has 0 unspecified atom stereocenters. The van der Waals surface area contributed by atoms with Gasteiger partial charge in [0.05, 0.1) is 6.04 Å². The predicted molar refractivity (Wildman–Crippen MR) is 137 cm³/mol. The summed E-state index contributed by atoms with van der Waals surface area (Å²) in [6.07, 6.45) is 24.1. The fourth-order valence-electron chi connectivity index (χ4n) is 7.30. The van der Waals surface area contributed by atoms with E-state index < -0.39 is 0 Å². The van der Waals surface area contributed by atoms with E-state index in [4.69, 9.17) is 4.99 Å². The molecule has 0 aromatic rings. The Morgan fingerprint density at radius 1 is 0.688 bits per heavy atom. The quantitative estimate of drug-likeness (QED) is 0.368. The molecule has 3 saturated carbocycles. The molecular formula is C28H52N4. The van der Waals surface area contributed by atoms with Crippen molar-refractivity contribution >= 4 is 5.96 Å². The predicted octanol–water partition coefficient (Wildman–Crippen LogP) is 7.19. The van der Waals surface area contributed by atoms with Gasteiger partial charge in [-0.15, -0.1) is 0 Å². The summed E-state index contributed by atoms with van der Waals surface area (Å²) in [5.41, 5.74) is 0.335. The van der Waals surface area contributed by atoms with Gasteiger partial charge in [0.2, 0.25) is 5.96 Å². The third-order valence-electron chi connectivity index (χ3n) is 8.89. The Morgan fingerprint density at radius 2 is 1.19 bits per heavy atom. The van der Waals surface area contributed by atoms with Gasteiger partial charge in [0.15, 0.2) is 0 Å². The van der Waals surface area contributed by atoms with Gasteiger partial charge in [0.25, 0.3) is 0 Å². The Balaban J connectivity index is 1.71. The lowest BCUT2D eigenvalue weighted by atomic mass is 9.81. The average Bonchev–Trinajstić information content (AvgIpc) is 2.77. The topological polar surface area (TPSA) is 30.9 Å². The highest BCUT2D eigenvalue weighted by Gasteiger charge is 2.48. The van der Waals surface area contributed by atoms with E-state index in [-0.39, 0.29) is 11.1 Å².